The summed E-state index contributed by atoms with van der Waals surface area (Å²) in [5.74, 6) is 2.59. The van der Waals surface area contributed by atoms with Gasteiger partial charge in [-0.25, -0.2) is 13.1 Å². The van der Waals surface area contributed by atoms with Gasteiger partial charge in [-0.2, -0.15) is 11.8 Å². The number of sulfonamides is 1. The zero-order valence-corrected chi connectivity index (χ0v) is 35.5. The lowest BCUT2D eigenvalue weighted by Gasteiger charge is -2.36. The average Bonchev–Trinajstić information content (AvgIpc) is 3.24. The van der Waals surface area contributed by atoms with Gasteiger partial charge in [-0.05, 0) is 102 Å². The average molecular weight is 841 g/mol. The highest BCUT2D eigenvalue weighted by atomic mass is 35.5. The summed E-state index contributed by atoms with van der Waals surface area (Å²) in [6, 6.07) is 39.3. The number of anilines is 2. The van der Waals surface area contributed by atoms with E-state index in [1.807, 2.05) is 66.8 Å². The summed E-state index contributed by atoms with van der Waals surface area (Å²) in [6.07, 6.45) is 0.982. The highest BCUT2D eigenvalue weighted by molar-refractivity contribution is 7.99. The molecule has 5 aromatic carbocycles. The largest absolute Gasteiger partial charge is 0.381 e. The summed E-state index contributed by atoms with van der Waals surface area (Å²) in [6.45, 7) is 9.50. The maximum absolute atomic E-state index is 13.4. The van der Waals surface area contributed by atoms with Crippen molar-refractivity contribution in [1.82, 2.24) is 14.5 Å². The Bertz CT molecular complexity index is 2190. The number of hydrogen-bond donors (Lipinski definition) is 2. The van der Waals surface area contributed by atoms with Crippen molar-refractivity contribution in [1.29, 1.82) is 0 Å². The number of carbonyl (C=O) groups is 1. The molecule has 57 heavy (non-hydrogen) atoms. The van der Waals surface area contributed by atoms with E-state index in [2.05, 4.69) is 85.4 Å². The number of nitrogens with one attached hydrogen (secondary N) is 2. The third-order valence-corrected chi connectivity index (χ3v) is 14.3. The van der Waals surface area contributed by atoms with E-state index < -0.39 is 15.9 Å². The first-order valence-corrected chi connectivity index (χ1v) is 23.5. The summed E-state index contributed by atoms with van der Waals surface area (Å²) in [5.41, 5.74) is 6.65. The van der Waals surface area contributed by atoms with Crippen LogP contribution in [0.25, 0.3) is 11.1 Å². The maximum Gasteiger partial charge on any atom is 0.264 e. The monoisotopic (exact) mass is 839 g/mol. The van der Waals surface area contributed by atoms with E-state index in [9.17, 15) is 13.2 Å². The molecule has 0 radical (unpaired) electrons. The molecule has 0 unspecified atom stereocenters. The van der Waals surface area contributed by atoms with Gasteiger partial charge < -0.3 is 15.1 Å². The molecule has 12 heteroatoms. The van der Waals surface area contributed by atoms with Crippen LogP contribution < -0.4 is 14.9 Å². The number of benzene rings is 5. The van der Waals surface area contributed by atoms with Gasteiger partial charge in [0.1, 0.15) is 0 Å². The second-order valence-electron chi connectivity index (χ2n) is 14.6. The Balaban J connectivity index is 0.926. The van der Waals surface area contributed by atoms with E-state index in [0.717, 1.165) is 92.1 Å². The Morgan fingerprint density at radius 2 is 1.51 bits per heavy atom. The Morgan fingerprint density at radius 3 is 2.23 bits per heavy atom. The molecule has 2 aliphatic rings. The fourth-order valence-electron chi connectivity index (χ4n) is 7.30. The van der Waals surface area contributed by atoms with Gasteiger partial charge in [0, 0.05) is 103 Å². The van der Waals surface area contributed by atoms with Crippen LogP contribution in [0, 0.1) is 6.92 Å². The van der Waals surface area contributed by atoms with Crippen LogP contribution in [0.1, 0.15) is 27.9 Å². The molecule has 2 heterocycles. The van der Waals surface area contributed by atoms with Gasteiger partial charge in [0.25, 0.3) is 15.9 Å². The van der Waals surface area contributed by atoms with Crippen molar-refractivity contribution >= 4 is 62.4 Å². The topological polar surface area (TPSA) is 85.0 Å². The SMILES string of the molecule is Cc1cc(S(=O)(=O)NC(=O)c2ccc(N3CCN(Cc4ccccc4-c4ccc(Cl)cc4)CC3)cc2)ccc1N[C@H](CCN1CCSCC1)CSc1ccccc1. The molecule has 1 atom stereocenters. The Kier molecular flexibility index (Phi) is 14.2. The summed E-state index contributed by atoms with van der Waals surface area (Å²) >= 11 is 9.97. The lowest BCUT2D eigenvalue weighted by molar-refractivity contribution is 0.0981. The minimum atomic E-state index is -4.09. The molecule has 0 aromatic heterocycles. The van der Waals surface area contributed by atoms with E-state index in [1.165, 1.54) is 27.5 Å². The zero-order valence-electron chi connectivity index (χ0n) is 32.3. The van der Waals surface area contributed by atoms with Crippen LogP contribution in [0.4, 0.5) is 11.4 Å². The van der Waals surface area contributed by atoms with E-state index in [-0.39, 0.29) is 10.9 Å². The maximum atomic E-state index is 13.4. The zero-order chi connectivity index (χ0) is 39.6. The minimum Gasteiger partial charge on any atom is -0.381 e. The van der Waals surface area contributed by atoms with Gasteiger partial charge in [0.2, 0.25) is 0 Å². The van der Waals surface area contributed by atoms with Crippen LogP contribution in [0.15, 0.2) is 131 Å². The van der Waals surface area contributed by atoms with Crippen LogP contribution >= 0.6 is 35.1 Å². The fourth-order valence-corrected chi connectivity index (χ4v) is 10.5. The second-order valence-corrected chi connectivity index (χ2v) is 19.0. The van der Waals surface area contributed by atoms with Crippen molar-refractivity contribution in [2.75, 3.05) is 73.3 Å². The molecular weight excluding hydrogens is 790 g/mol. The molecule has 5 aromatic rings. The second kappa shape index (κ2) is 19.7. The minimum absolute atomic E-state index is 0.0604. The van der Waals surface area contributed by atoms with Gasteiger partial charge >= 0.3 is 0 Å². The number of piperazine rings is 1. The lowest BCUT2D eigenvalue weighted by Crippen LogP contribution is -2.46. The lowest BCUT2D eigenvalue weighted by atomic mass is 9.99. The number of hydrogen-bond acceptors (Lipinski definition) is 9. The van der Waals surface area contributed by atoms with Crippen molar-refractivity contribution < 1.29 is 13.2 Å². The standard InChI is InChI=1S/C45H50ClN5O3S3/c1-34-31-42(19-20-44(34)47-39(21-22-49-27-29-55-30-28-49)33-56-41-8-3-2-4-9-41)57(53,54)48-45(52)36-13-17-40(18-14-36)51-25-23-50(24-26-51)32-37-7-5-6-10-43(37)35-11-15-38(46)16-12-35/h2-20,31,39,47H,21-30,32-33H2,1H3,(H,48,52)/t39-/m1/s1. The van der Waals surface area contributed by atoms with E-state index in [0.29, 0.717) is 5.56 Å². The molecule has 7 rings (SSSR count). The molecule has 0 bridgehead atoms. The van der Waals surface area contributed by atoms with Crippen molar-refractivity contribution in [2.24, 2.45) is 0 Å². The number of rotatable bonds is 15. The quantitative estimate of drug-likeness (QED) is 0.101. The van der Waals surface area contributed by atoms with Crippen molar-refractivity contribution in [3.05, 3.63) is 143 Å². The number of amides is 1. The number of thioether (sulfide) groups is 2. The predicted octanol–water partition coefficient (Wildman–Crippen LogP) is 8.77. The van der Waals surface area contributed by atoms with Gasteiger partial charge in [0.05, 0.1) is 4.90 Å². The summed E-state index contributed by atoms with van der Waals surface area (Å²) in [4.78, 5) is 21.8. The highest BCUT2D eigenvalue weighted by Crippen LogP contribution is 2.28. The molecule has 2 saturated heterocycles. The van der Waals surface area contributed by atoms with Crippen LogP contribution in [-0.4, -0.2) is 93.2 Å². The number of carbonyl (C=O) groups excluding carboxylic acids is 1. The van der Waals surface area contributed by atoms with Gasteiger partial charge in [-0.1, -0.05) is 66.2 Å². The van der Waals surface area contributed by atoms with Gasteiger partial charge in [0.15, 0.2) is 0 Å². The van der Waals surface area contributed by atoms with Crippen molar-refractivity contribution in [3.8, 4) is 11.1 Å². The molecule has 2 N–H and O–H groups in total. The molecule has 0 spiro atoms. The van der Waals surface area contributed by atoms with Crippen LogP contribution in [0.5, 0.6) is 0 Å². The van der Waals surface area contributed by atoms with E-state index in [4.69, 9.17) is 11.6 Å². The first kappa shape index (κ1) is 41.2. The highest BCUT2D eigenvalue weighted by Gasteiger charge is 2.23. The normalized spacial score (nSPS) is 15.9. The predicted molar refractivity (Wildman–Crippen MR) is 240 cm³/mol. The number of nitrogens with zero attached hydrogens (tertiary/aromatic N) is 3. The third-order valence-electron chi connectivity index (χ3n) is 10.6. The molecule has 8 nitrogen and oxygen atoms in total. The van der Waals surface area contributed by atoms with Gasteiger partial charge in [-0.15, -0.1) is 11.8 Å². The molecule has 1 amide bonds. The number of halogens is 1. The van der Waals surface area contributed by atoms with Crippen molar-refractivity contribution in [3.63, 3.8) is 0 Å². The number of aryl methyl sites for hydroxylation is 1. The smallest absolute Gasteiger partial charge is 0.264 e. The Labute approximate surface area is 351 Å². The molecule has 298 valence electrons. The van der Waals surface area contributed by atoms with Crippen LogP contribution in [-0.2, 0) is 16.6 Å². The van der Waals surface area contributed by atoms with E-state index in [1.54, 1.807) is 24.3 Å². The summed E-state index contributed by atoms with van der Waals surface area (Å²) in [7, 11) is -4.09. The van der Waals surface area contributed by atoms with Gasteiger partial charge in [-0.3, -0.25) is 9.69 Å². The van der Waals surface area contributed by atoms with Crippen molar-refractivity contribution in [2.45, 2.75) is 35.7 Å². The van der Waals surface area contributed by atoms with Crippen LogP contribution in [0.3, 0.4) is 0 Å². The molecule has 0 aliphatic carbocycles. The molecule has 0 saturated carbocycles. The first-order valence-electron chi connectivity index (χ1n) is 19.5. The first-order chi connectivity index (χ1) is 27.7. The molecule has 2 fully saturated rings. The summed E-state index contributed by atoms with van der Waals surface area (Å²) in [5, 5.41) is 4.44. The van der Waals surface area contributed by atoms with E-state index >= 15 is 0 Å². The van der Waals surface area contributed by atoms with Crippen LogP contribution in [0.2, 0.25) is 5.02 Å². The molecular formula is C45H50ClN5O3S3. The molecule has 2 aliphatic heterocycles. The third kappa shape index (κ3) is 11.4. The fraction of sp³-hybridized carbons (Fsp3) is 0.311. The Hall–Kier alpha value is -3.97. The summed E-state index contributed by atoms with van der Waals surface area (Å²) < 4.78 is 29.2. The Morgan fingerprint density at radius 1 is 0.807 bits per heavy atom.